The van der Waals surface area contributed by atoms with Gasteiger partial charge < -0.3 is 9.64 Å². The summed E-state index contributed by atoms with van der Waals surface area (Å²) in [5.41, 5.74) is 1.17. The zero-order chi connectivity index (χ0) is 15.4. The number of nitrogens with zero attached hydrogens (tertiary/aromatic N) is 1. The van der Waals surface area contributed by atoms with Crippen LogP contribution in [0.25, 0.3) is 0 Å². The molecular formula is C16H26N2O2S. The van der Waals surface area contributed by atoms with Crippen LogP contribution in [0.15, 0.2) is 16.8 Å². The van der Waals surface area contributed by atoms with Crippen molar-refractivity contribution in [1.82, 2.24) is 10.2 Å². The molecule has 1 aliphatic rings. The van der Waals surface area contributed by atoms with Crippen molar-refractivity contribution in [2.75, 3.05) is 13.2 Å². The molecule has 1 aromatic heterocycles. The Kier molecular flexibility index (Phi) is 5.79. The monoisotopic (exact) mass is 310 g/mol. The molecule has 1 aromatic rings. The summed E-state index contributed by atoms with van der Waals surface area (Å²) in [4.78, 5) is 14.8. The van der Waals surface area contributed by atoms with Crippen molar-refractivity contribution in [3.63, 3.8) is 0 Å². The number of carbonyl (C=O) groups is 1. The number of amides is 1. The maximum Gasteiger partial charge on any atom is 0.241 e. The number of carbonyl (C=O) groups excluding carboxylic acids is 1. The van der Waals surface area contributed by atoms with Crippen LogP contribution in [0, 0.1) is 5.92 Å². The maximum absolute atomic E-state index is 12.8. The van der Waals surface area contributed by atoms with Crippen molar-refractivity contribution in [2.24, 2.45) is 5.92 Å². The second-order valence-electron chi connectivity index (χ2n) is 5.74. The minimum Gasteiger partial charge on any atom is -0.380 e. The molecule has 4 nitrogen and oxygen atoms in total. The summed E-state index contributed by atoms with van der Waals surface area (Å²) in [7, 11) is 0. The molecule has 0 radical (unpaired) electrons. The molecule has 1 fully saturated rings. The second kappa shape index (κ2) is 7.38. The molecule has 2 rings (SSSR count). The molecule has 21 heavy (non-hydrogen) atoms. The lowest BCUT2D eigenvalue weighted by atomic mass is 9.99. The van der Waals surface area contributed by atoms with E-state index in [1.165, 1.54) is 5.56 Å². The molecule has 2 heterocycles. The van der Waals surface area contributed by atoms with E-state index in [1.54, 1.807) is 11.3 Å². The Morgan fingerprint density at radius 3 is 2.76 bits per heavy atom. The van der Waals surface area contributed by atoms with E-state index < -0.39 is 0 Å². The van der Waals surface area contributed by atoms with E-state index >= 15 is 0 Å². The topological polar surface area (TPSA) is 41.6 Å². The van der Waals surface area contributed by atoms with Gasteiger partial charge in [-0.1, -0.05) is 20.3 Å². The fourth-order valence-corrected chi connectivity index (χ4v) is 3.46. The maximum atomic E-state index is 12.8. The highest BCUT2D eigenvalue weighted by Crippen LogP contribution is 2.31. The predicted molar refractivity (Wildman–Crippen MR) is 86.2 cm³/mol. The third-order valence-electron chi connectivity index (χ3n) is 4.25. The fourth-order valence-electron chi connectivity index (χ4n) is 2.78. The van der Waals surface area contributed by atoms with Crippen molar-refractivity contribution in [1.29, 1.82) is 0 Å². The zero-order valence-corrected chi connectivity index (χ0v) is 14.2. The van der Waals surface area contributed by atoms with Crippen molar-refractivity contribution in [3.05, 3.63) is 22.4 Å². The molecule has 0 spiro atoms. The van der Waals surface area contributed by atoms with E-state index in [0.29, 0.717) is 19.1 Å². The summed E-state index contributed by atoms with van der Waals surface area (Å²) in [5, 5.41) is 7.70. The Hall–Kier alpha value is -0.910. The number of hydrogen-bond acceptors (Lipinski definition) is 4. The highest BCUT2D eigenvalue weighted by atomic mass is 32.1. The van der Waals surface area contributed by atoms with Crippen LogP contribution in [-0.4, -0.2) is 36.1 Å². The Morgan fingerprint density at radius 2 is 2.19 bits per heavy atom. The van der Waals surface area contributed by atoms with Gasteiger partial charge in [-0.3, -0.25) is 10.1 Å². The minimum absolute atomic E-state index is 0.0294. The number of hydrogen-bond donors (Lipinski definition) is 1. The smallest absolute Gasteiger partial charge is 0.241 e. The normalized spacial score (nSPS) is 25.3. The SMILES string of the molecule is CCOCC(C)N1C(=O)C(C(C)CC)NC1c1ccsc1. The molecule has 5 heteroatoms. The minimum atomic E-state index is -0.0935. The molecule has 0 aromatic carbocycles. The van der Waals surface area contributed by atoms with Gasteiger partial charge in [0.2, 0.25) is 5.91 Å². The first-order valence-corrected chi connectivity index (χ1v) is 8.72. The van der Waals surface area contributed by atoms with Crippen LogP contribution in [-0.2, 0) is 9.53 Å². The van der Waals surface area contributed by atoms with E-state index in [0.717, 1.165) is 6.42 Å². The molecule has 4 atom stereocenters. The average molecular weight is 310 g/mol. The molecule has 1 N–H and O–H groups in total. The molecule has 118 valence electrons. The summed E-state index contributed by atoms with van der Waals surface area (Å²) in [6, 6.07) is 2.07. The van der Waals surface area contributed by atoms with Gasteiger partial charge in [-0.25, -0.2) is 0 Å². The third kappa shape index (κ3) is 3.47. The van der Waals surface area contributed by atoms with Gasteiger partial charge in [-0.05, 0) is 42.2 Å². The van der Waals surface area contributed by atoms with Crippen LogP contribution < -0.4 is 5.32 Å². The van der Waals surface area contributed by atoms with Gasteiger partial charge in [0, 0.05) is 6.61 Å². The molecule has 0 bridgehead atoms. The molecular weight excluding hydrogens is 284 g/mol. The highest BCUT2D eigenvalue weighted by Gasteiger charge is 2.43. The zero-order valence-electron chi connectivity index (χ0n) is 13.3. The predicted octanol–water partition coefficient (Wildman–Crippen LogP) is 3.02. The summed E-state index contributed by atoms with van der Waals surface area (Å²) in [6.07, 6.45) is 0.964. The van der Waals surface area contributed by atoms with E-state index in [2.05, 4.69) is 42.9 Å². The first kappa shape index (κ1) is 16.5. The number of ether oxygens (including phenoxy) is 1. The van der Waals surface area contributed by atoms with Gasteiger partial charge in [0.05, 0.1) is 18.7 Å². The average Bonchev–Trinajstić information content (AvgIpc) is 3.11. The molecule has 0 aliphatic carbocycles. The van der Waals surface area contributed by atoms with E-state index in [9.17, 15) is 4.79 Å². The van der Waals surface area contributed by atoms with Gasteiger partial charge in [0.25, 0.3) is 0 Å². The lowest BCUT2D eigenvalue weighted by molar-refractivity contribution is -0.134. The van der Waals surface area contributed by atoms with Crippen LogP contribution >= 0.6 is 11.3 Å². The van der Waals surface area contributed by atoms with Crippen LogP contribution in [0.1, 0.15) is 45.8 Å². The lowest BCUT2D eigenvalue weighted by Gasteiger charge is -2.30. The molecule has 1 aliphatic heterocycles. The van der Waals surface area contributed by atoms with Gasteiger partial charge in [-0.15, -0.1) is 0 Å². The van der Waals surface area contributed by atoms with Crippen LogP contribution in [0.4, 0.5) is 0 Å². The van der Waals surface area contributed by atoms with Crippen LogP contribution in [0.3, 0.4) is 0 Å². The summed E-state index contributed by atoms with van der Waals surface area (Å²) < 4.78 is 5.52. The quantitative estimate of drug-likeness (QED) is 0.842. The molecule has 1 saturated heterocycles. The first-order valence-electron chi connectivity index (χ1n) is 7.78. The van der Waals surface area contributed by atoms with Crippen molar-refractivity contribution in [3.8, 4) is 0 Å². The van der Waals surface area contributed by atoms with E-state index in [1.807, 2.05) is 11.8 Å². The second-order valence-corrected chi connectivity index (χ2v) is 6.52. The Labute approximate surface area is 131 Å². The Balaban J connectivity index is 2.21. The van der Waals surface area contributed by atoms with Crippen molar-refractivity contribution >= 4 is 17.2 Å². The van der Waals surface area contributed by atoms with Gasteiger partial charge >= 0.3 is 0 Å². The third-order valence-corrected chi connectivity index (χ3v) is 4.95. The fraction of sp³-hybridized carbons (Fsp3) is 0.688. The summed E-state index contributed by atoms with van der Waals surface area (Å²) >= 11 is 1.67. The lowest BCUT2D eigenvalue weighted by Crippen LogP contribution is -2.41. The van der Waals surface area contributed by atoms with Gasteiger partial charge in [-0.2, -0.15) is 11.3 Å². The molecule has 0 saturated carbocycles. The number of nitrogens with one attached hydrogen (secondary N) is 1. The van der Waals surface area contributed by atoms with Crippen LogP contribution in [0.2, 0.25) is 0 Å². The van der Waals surface area contributed by atoms with Crippen molar-refractivity contribution < 1.29 is 9.53 Å². The standard InChI is InChI=1S/C16H26N2O2S/c1-5-11(3)14-16(19)18(12(4)9-20-6-2)15(17-14)13-7-8-21-10-13/h7-8,10-12,14-15,17H,5-6,9H2,1-4H3. The van der Waals surface area contributed by atoms with Crippen LogP contribution in [0.5, 0.6) is 0 Å². The summed E-state index contributed by atoms with van der Waals surface area (Å²) in [5.74, 6) is 0.538. The highest BCUT2D eigenvalue weighted by molar-refractivity contribution is 7.07. The number of rotatable bonds is 7. The van der Waals surface area contributed by atoms with Crippen molar-refractivity contribution in [2.45, 2.75) is 52.4 Å². The molecule has 1 amide bonds. The van der Waals surface area contributed by atoms with E-state index in [-0.39, 0.29) is 24.2 Å². The number of thiophene rings is 1. The Morgan fingerprint density at radius 1 is 1.43 bits per heavy atom. The largest absolute Gasteiger partial charge is 0.380 e. The van der Waals surface area contributed by atoms with Gasteiger partial charge in [0.1, 0.15) is 6.17 Å². The van der Waals surface area contributed by atoms with Gasteiger partial charge in [0.15, 0.2) is 0 Å². The Bertz CT molecular complexity index is 449. The summed E-state index contributed by atoms with van der Waals surface area (Å²) in [6.45, 7) is 9.57. The molecule has 4 unspecified atom stereocenters. The first-order chi connectivity index (χ1) is 10.1. The van der Waals surface area contributed by atoms with E-state index in [4.69, 9.17) is 4.74 Å².